The van der Waals surface area contributed by atoms with Gasteiger partial charge >= 0.3 is 65.1 Å². The van der Waals surface area contributed by atoms with Crippen LogP contribution in [-0.2, 0) is 19.6 Å². The molecule has 3 rings (SSSR count). The van der Waals surface area contributed by atoms with Crippen molar-refractivity contribution in [3.63, 3.8) is 0 Å². The fraction of sp³-hybridized carbons (Fsp3) is 0.389. The van der Waals surface area contributed by atoms with E-state index >= 15 is 0 Å². The van der Waals surface area contributed by atoms with Gasteiger partial charge in [0.25, 0.3) is 0 Å². The zero-order valence-electron chi connectivity index (χ0n) is 16.9. The standard InChI is InChI=1S/C11H10O5S.C6H8O6.CH4.2Na/c1-11(17(14,15)16)6-9(12)7-4-2-3-5-8(7)10(11)13;7-1-2(8)5-3(9)4(10)6(11)12-5;;;/h2-5H,6H2,1H3,(H,14,15,16);2,5,7-10H,1H2;1H4;;/q;;;2*+1/p-2/t;2-,5+;;;/m.0.../s1. The predicted molar refractivity (Wildman–Crippen MR) is 97.2 cm³/mol. The summed E-state index contributed by atoms with van der Waals surface area (Å²) < 4.78 is 35.5. The Labute approximate surface area is 228 Å². The van der Waals surface area contributed by atoms with E-state index in [1.54, 1.807) is 6.07 Å². The third-order valence-corrected chi connectivity index (χ3v) is 5.89. The molecule has 11 nitrogen and oxygen atoms in total. The Balaban J connectivity index is 0. The van der Waals surface area contributed by atoms with Crippen LogP contribution in [0.25, 0.3) is 0 Å². The number of carbonyl (C=O) groups is 3. The van der Waals surface area contributed by atoms with Gasteiger partial charge in [0.1, 0.15) is 26.7 Å². The van der Waals surface area contributed by atoms with Crippen molar-refractivity contribution in [2.75, 3.05) is 6.61 Å². The second kappa shape index (κ2) is 12.6. The first kappa shape index (κ1) is 33.4. The van der Waals surface area contributed by atoms with Crippen molar-refractivity contribution in [1.82, 2.24) is 0 Å². The molecule has 14 heteroatoms. The third-order valence-electron chi connectivity index (χ3n) is 4.46. The number of Topliss-reactive ketones (excluding diaryl/α,β-unsaturated/α-hetero) is 2. The summed E-state index contributed by atoms with van der Waals surface area (Å²) >= 11 is 0. The zero-order chi connectivity index (χ0) is 22.1. The molecule has 32 heavy (non-hydrogen) atoms. The molecule has 1 aromatic rings. The van der Waals surface area contributed by atoms with Crippen molar-refractivity contribution in [2.45, 2.75) is 37.7 Å². The van der Waals surface area contributed by atoms with Gasteiger partial charge in [0.05, 0.1) is 6.61 Å². The predicted octanol–water partition coefficient (Wildman–Crippen LogP) is -7.20. The second-order valence-corrected chi connectivity index (χ2v) is 8.26. The third kappa shape index (κ3) is 6.41. The maximum atomic E-state index is 12.0. The largest absolute Gasteiger partial charge is 1.00 e. The molecule has 3 N–H and O–H groups in total. The van der Waals surface area contributed by atoms with Gasteiger partial charge in [-0.1, -0.05) is 31.7 Å². The first-order valence-corrected chi connectivity index (χ1v) is 9.48. The summed E-state index contributed by atoms with van der Waals surface area (Å²) in [4.78, 5) is 34.2. The molecule has 0 spiro atoms. The Morgan fingerprint density at radius 1 is 1.19 bits per heavy atom. The molecule has 2 aliphatic rings. The summed E-state index contributed by atoms with van der Waals surface area (Å²) in [5, 5.41) is 36.8. The SMILES string of the molecule is C.CC1(S(=O)(=O)[O-])CC(=O)c2ccccc2C1=O.O=C1O[C@H]([C@@H](O)CO)C(O)=C1[O-].[Na+].[Na+]. The Kier molecular flexibility index (Phi) is 13.1. The van der Waals surface area contributed by atoms with Gasteiger partial charge in [0, 0.05) is 23.3 Å². The fourth-order valence-electron chi connectivity index (χ4n) is 2.71. The molecule has 1 unspecified atom stereocenters. The van der Waals surface area contributed by atoms with Gasteiger partial charge in [-0.25, -0.2) is 13.2 Å². The van der Waals surface area contributed by atoms with Crippen LogP contribution in [0.4, 0.5) is 0 Å². The van der Waals surface area contributed by atoms with Crippen LogP contribution in [0.15, 0.2) is 35.8 Å². The van der Waals surface area contributed by atoms with Crippen LogP contribution in [0.5, 0.6) is 0 Å². The molecule has 1 aliphatic heterocycles. The number of hydrogen-bond acceptors (Lipinski definition) is 11. The second-order valence-electron chi connectivity index (χ2n) is 6.45. The van der Waals surface area contributed by atoms with Crippen LogP contribution < -0.4 is 64.2 Å². The summed E-state index contributed by atoms with van der Waals surface area (Å²) in [5.74, 6) is -4.55. The normalized spacial score (nSPS) is 22.8. The topological polar surface area (TPSA) is 201 Å². The molecular weight excluding hydrogens is 470 g/mol. The minimum Gasteiger partial charge on any atom is -0.865 e. The molecular formula is C18H20Na2O11S. The smallest absolute Gasteiger partial charge is 0.865 e. The van der Waals surface area contributed by atoms with E-state index in [-0.39, 0.29) is 77.7 Å². The number of aliphatic hydroxyl groups excluding tert-OH is 3. The van der Waals surface area contributed by atoms with Crippen molar-refractivity contribution < 1.29 is 112 Å². The quantitative estimate of drug-likeness (QED) is 0.206. The van der Waals surface area contributed by atoms with Crippen LogP contribution in [0.3, 0.4) is 0 Å². The number of rotatable bonds is 3. The van der Waals surface area contributed by atoms with E-state index in [0.717, 1.165) is 6.92 Å². The van der Waals surface area contributed by atoms with Crippen molar-refractivity contribution in [1.29, 1.82) is 0 Å². The van der Waals surface area contributed by atoms with Gasteiger partial charge in [-0.15, -0.1) is 0 Å². The van der Waals surface area contributed by atoms with Gasteiger partial charge in [-0.3, -0.25) is 9.59 Å². The van der Waals surface area contributed by atoms with E-state index < -0.39 is 69.2 Å². The number of hydrogen-bond donors (Lipinski definition) is 3. The summed E-state index contributed by atoms with van der Waals surface area (Å²) in [6, 6.07) is 5.91. The number of ether oxygens (including phenoxy) is 1. The summed E-state index contributed by atoms with van der Waals surface area (Å²) in [5.41, 5.74) is 0.185. The van der Waals surface area contributed by atoms with Gasteiger partial charge in [0.15, 0.2) is 17.7 Å². The zero-order valence-corrected chi connectivity index (χ0v) is 21.7. The molecule has 0 radical (unpaired) electrons. The number of ketones is 2. The Hall–Kier alpha value is -0.800. The van der Waals surface area contributed by atoms with Crippen molar-refractivity contribution in [3.05, 3.63) is 46.9 Å². The monoisotopic (exact) mass is 490 g/mol. The molecule has 166 valence electrons. The molecule has 0 aromatic heterocycles. The average molecular weight is 490 g/mol. The maximum absolute atomic E-state index is 12.0. The van der Waals surface area contributed by atoms with Crippen LogP contribution in [0.2, 0.25) is 0 Å². The molecule has 0 amide bonds. The number of benzene rings is 1. The van der Waals surface area contributed by atoms with E-state index in [9.17, 15) is 32.5 Å². The molecule has 1 aromatic carbocycles. The Bertz CT molecular complexity index is 1010. The van der Waals surface area contributed by atoms with E-state index in [1.807, 2.05) is 0 Å². The van der Waals surface area contributed by atoms with Crippen LogP contribution in [0.1, 0.15) is 41.5 Å². The number of esters is 1. The van der Waals surface area contributed by atoms with Gasteiger partial charge < -0.3 is 29.7 Å². The van der Waals surface area contributed by atoms with Gasteiger partial charge in [0.2, 0.25) is 0 Å². The summed E-state index contributed by atoms with van der Waals surface area (Å²) in [6.45, 7) is 0.306. The summed E-state index contributed by atoms with van der Waals surface area (Å²) in [7, 11) is -4.87. The Morgan fingerprint density at radius 2 is 1.69 bits per heavy atom. The van der Waals surface area contributed by atoms with E-state index in [4.69, 9.17) is 15.3 Å². The van der Waals surface area contributed by atoms with E-state index in [2.05, 4.69) is 4.74 Å². The minimum absolute atomic E-state index is 0. The number of cyclic esters (lactones) is 1. The first-order valence-electron chi connectivity index (χ1n) is 8.07. The summed E-state index contributed by atoms with van der Waals surface area (Å²) in [6.07, 6.45) is -3.47. The van der Waals surface area contributed by atoms with Crippen molar-refractivity contribution >= 4 is 27.7 Å². The molecule has 0 saturated carbocycles. The van der Waals surface area contributed by atoms with Crippen molar-refractivity contribution in [2.24, 2.45) is 0 Å². The average Bonchev–Trinajstić information content (AvgIpc) is 2.92. The van der Waals surface area contributed by atoms with Gasteiger partial charge in [-0.05, 0) is 6.92 Å². The fourth-order valence-corrected chi connectivity index (χ4v) is 3.35. The maximum Gasteiger partial charge on any atom is 1.00 e. The van der Waals surface area contributed by atoms with E-state index in [1.165, 1.54) is 18.2 Å². The van der Waals surface area contributed by atoms with E-state index in [0.29, 0.717) is 0 Å². The van der Waals surface area contributed by atoms with Crippen LogP contribution >= 0.6 is 0 Å². The van der Waals surface area contributed by atoms with Crippen LogP contribution in [-0.4, -0.2) is 69.4 Å². The van der Waals surface area contributed by atoms with Gasteiger partial charge in [-0.2, -0.15) is 0 Å². The molecule has 0 saturated heterocycles. The number of aliphatic hydroxyl groups is 3. The van der Waals surface area contributed by atoms with Crippen molar-refractivity contribution in [3.8, 4) is 0 Å². The Morgan fingerprint density at radius 3 is 2.09 bits per heavy atom. The molecule has 0 bridgehead atoms. The molecule has 1 heterocycles. The minimum atomic E-state index is -4.87. The number of fused-ring (bicyclic) bond motifs is 1. The molecule has 3 atom stereocenters. The molecule has 1 aliphatic carbocycles. The van der Waals surface area contributed by atoms with Crippen LogP contribution in [0, 0.1) is 0 Å². The first-order chi connectivity index (χ1) is 13.3. The molecule has 0 fully saturated rings. The number of carbonyl (C=O) groups excluding carboxylic acids is 3.